The fourth-order valence-corrected chi connectivity index (χ4v) is 2.23. The van der Waals surface area contributed by atoms with Gasteiger partial charge in [-0.2, -0.15) is 5.10 Å². The summed E-state index contributed by atoms with van der Waals surface area (Å²) < 4.78 is 13.0. The molecular weight excluding hydrogens is 261 g/mol. The van der Waals surface area contributed by atoms with E-state index in [0.29, 0.717) is 5.03 Å². The molecular formula is C14H10FN3S. The number of aromatic nitrogens is 3. The lowest BCUT2D eigenvalue weighted by Gasteiger charge is -2.03. The third-order valence-corrected chi connectivity index (χ3v) is 3.16. The smallest absolute Gasteiger partial charge is 0.123 e. The number of hydrogen-bond donors (Lipinski definition) is 2. The summed E-state index contributed by atoms with van der Waals surface area (Å²) in [6, 6.07) is 10.00. The summed E-state index contributed by atoms with van der Waals surface area (Å²) in [4.78, 5) is 3.99. The Morgan fingerprint density at radius 2 is 1.63 bits per heavy atom. The molecule has 3 aromatic rings. The van der Waals surface area contributed by atoms with Crippen LogP contribution in [-0.2, 0) is 0 Å². The zero-order chi connectivity index (χ0) is 13.2. The number of thiol groups is 1. The maximum Gasteiger partial charge on any atom is 0.123 e. The summed E-state index contributed by atoms with van der Waals surface area (Å²) in [5.41, 5.74) is 3.44. The summed E-state index contributed by atoms with van der Waals surface area (Å²) in [7, 11) is 0. The normalized spacial score (nSPS) is 10.6. The molecule has 1 aromatic carbocycles. The van der Waals surface area contributed by atoms with E-state index in [1.54, 1.807) is 24.5 Å². The number of aromatic amines is 1. The highest BCUT2D eigenvalue weighted by Crippen LogP contribution is 2.34. The highest BCUT2D eigenvalue weighted by atomic mass is 32.1. The first-order chi connectivity index (χ1) is 9.25. The van der Waals surface area contributed by atoms with Gasteiger partial charge in [-0.25, -0.2) is 4.39 Å². The molecule has 3 nitrogen and oxygen atoms in total. The van der Waals surface area contributed by atoms with E-state index in [2.05, 4.69) is 27.8 Å². The maximum atomic E-state index is 13.0. The predicted molar refractivity (Wildman–Crippen MR) is 74.5 cm³/mol. The standard InChI is InChI=1S/C14H10FN3S/c15-11-3-1-10(2-4-11)13-12(14(19)18-17-13)9-5-7-16-8-6-9/h1-8H,(H2,17,18,19). The van der Waals surface area contributed by atoms with Crippen LogP contribution in [0.5, 0.6) is 0 Å². The van der Waals surface area contributed by atoms with Crippen LogP contribution in [0.3, 0.4) is 0 Å². The molecule has 0 saturated heterocycles. The Morgan fingerprint density at radius 3 is 2.32 bits per heavy atom. The second kappa shape index (κ2) is 4.85. The lowest BCUT2D eigenvalue weighted by molar-refractivity contribution is 0.628. The van der Waals surface area contributed by atoms with Crippen molar-refractivity contribution in [3.63, 3.8) is 0 Å². The van der Waals surface area contributed by atoms with Crippen molar-refractivity contribution in [1.82, 2.24) is 15.2 Å². The van der Waals surface area contributed by atoms with Gasteiger partial charge in [0.1, 0.15) is 11.5 Å². The van der Waals surface area contributed by atoms with Gasteiger partial charge < -0.3 is 0 Å². The van der Waals surface area contributed by atoms with Crippen molar-refractivity contribution >= 4 is 12.6 Å². The van der Waals surface area contributed by atoms with Gasteiger partial charge in [0.25, 0.3) is 0 Å². The Labute approximate surface area is 114 Å². The summed E-state index contributed by atoms with van der Waals surface area (Å²) in [6.45, 7) is 0. The predicted octanol–water partition coefficient (Wildman–Crippen LogP) is 3.57. The molecule has 0 fully saturated rings. The number of H-pyrrole nitrogens is 1. The van der Waals surface area contributed by atoms with Crippen molar-refractivity contribution < 1.29 is 4.39 Å². The Kier molecular flexibility index (Phi) is 3.05. The molecule has 19 heavy (non-hydrogen) atoms. The minimum absolute atomic E-state index is 0.268. The highest BCUT2D eigenvalue weighted by molar-refractivity contribution is 7.80. The van der Waals surface area contributed by atoms with E-state index >= 15 is 0 Å². The number of hydrogen-bond acceptors (Lipinski definition) is 3. The average molecular weight is 271 g/mol. The van der Waals surface area contributed by atoms with Gasteiger partial charge >= 0.3 is 0 Å². The minimum atomic E-state index is -0.268. The second-order valence-electron chi connectivity index (χ2n) is 4.04. The molecule has 5 heteroatoms. The SMILES string of the molecule is Fc1ccc(-c2n[nH]c(S)c2-c2ccncc2)cc1. The van der Waals surface area contributed by atoms with Gasteiger partial charge in [-0.05, 0) is 42.0 Å². The molecule has 0 aliphatic rings. The van der Waals surface area contributed by atoms with Gasteiger partial charge in [-0.15, -0.1) is 12.6 Å². The molecule has 0 spiro atoms. The highest BCUT2D eigenvalue weighted by Gasteiger charge is 2.14. The van der Waals surface area contributed by atoms with E-state index in [0.717, 1.165) is 22.4 Å². The summed E-state index contributed by atoms with van der Waals surface area (Å²) in [5.74, 6) is -0.268. The quantitative estimate of drug-likeness (QED) is 0.700. The molecule has 0 aliphatic carbocycles. The van der Waals surface area contributed by atoms with Gasteiger partial charge in [-0.1, -0.05) is 0 Å². The first kappa shape index (κ1) is 11.9. The molecule has 3 rings (SSSR count). The van der Waals surface area contributed by atoms with Crippen LogP contribution in [0.25, 0.3) is 22.4 Å². The fourth-order valence-electron chi connectivity index (χ4n) is 1.94. The molecule has 2 aromatic heterocycles. The molecule has 2 heterocycles. The van der Waals surface area contributed by atoms with Crippen molar-refractivity contribution in [2.75, 3.05) is 0 Å². The number of pyridine rings is 1. The molecule has 0 saturated carbocycles. The Bertz CT molecular complexity index is 692. The maximum absolute atomic E-state index is 13.0. The number of nitrogens with zero attached hydrogens (tertiary/aromatic N) is 2. The monoisotopic (exact) mass is 271 g/mol. The van der Waals surface area contributed by atoms with Gasteiger partial charge in [0.05, 0.1) is 5.03 Å². The lowest BCUT2D eigenvalue weighted by Crippen LogP contribution is -1.84. The number of rotatable bonds is 2. The van der Waals surface area contributed by atoms with E-state index in [1.807, 2.05) is 12.1 Å². The van der Waals surface area contributed by atoms with Crippen molar-refractivity contribution in [2.24, 2.45) is 0 Å². The number of nitrogens with one attached hydrogen (secondary N) is 1. The van der Waals surface area contributed by atoms with Crippen LogP contribution in [0.15, 0.2) is 53.8 Å². The Morgan fingerprint density at radius 1 is 0.947 bits per heavy atom. The second-order valence-corrected chi connectivity index (χ2v) is 4.49. The molecule has 0 unspecified atom stereocenters. The molecule has 0 atom stereocenters. The third kappa shape index (κ3) is 2.24. The molecule has 0 amide bonds. The van der Waals surface area contributed by atoms with Crippen LogP contribution in [0.1, 0.15) is 0 Å². The van der Waals surface area contributed by atoms with Crippen LogP contribution in [-0.4, -0.2) is 15.2 Å². The number of halogens is 1. The summed E-state index contributed by atoms with van der Waals surface area (Å²) >= 11 is 4.39. The largest absolute Gasteiger partial charge is 0.271 e. The summed E-state index contributed by atoms with van der Waals surface area (Å²) in [5, 5.41) is 7.77. The van der Waals surface area contributed by atoms with Crippen molar-refractivity contribution in [3.05, 3.63) is 54.6 Å². The van der Waals surface area contributed by atoms with Crippen molar-refractivity contribution in [1.29, 1.82) is 0 Å². The van der Waals surface area contributed by atoms with Crippen LogP contribution in [0.4, 0.5) is 4.39 Å². The third-order valence-electron chi connectivity index (χ3n) is 2.83. The first-order valence-electron chi connectivity index (χ1n) is 5.69. The molecule has 0 aliphatic heterocycles. The van der Waals surface area contributed by atoms with Crippen LogP contribution >= 0.6 is 12.6 Å². The minimum Gasteiger partial charge on any atom is -0.271 e. The zero-order valence-electron chi connectivity index (χ0n) is 9.84. The molecule has 94 valence electrons. The fraction of sp³-hybridized carbons (Fsp3) is 0. The topological polar surface area (TPSA) is 41.6 Å². The number of benzene rings is 1. The van der Waals surface area contributed by atoms with Crippen LogP contribution in [0.2, 0.25) is 0 Å². The first-order valence-corrected chi connectivity index (χ1v) is 6.14. The lowest BCUT2D eigenvalue weighted by atomic mass is 10.0. The van der Waals surface area contributed by atoms with E-state index < -0.39 is 0 Å². The molecule has 0 radical (unpaired) electrons. The van der Waals surface area contributed by atoms with Crippen LogP contribution < -0.4 is 0 Å². The van der Waals surface area contributed by atoms with Crippen LogP contribution in [0, 0.1) is 5.82 Å². The van der Waals surface area contributed by atoms with E-state index in [4.69, 9.17) is 0 Å². The van der Waals surface area contributed by atoms with E-state index in [-0.39, 0.29) is 5.82 Å². The van der Waals surface area contributed by atoms with Gasteiger partial charge in [0.15, 0.2) is 0 Å². The zero-order valence-corrected chi connectivity index (χ0v) is 10.7. The van der Waals surface area contributed by atoms with Gasteiger partial charge in [-0.3, -0.25) is 10.1 Å². The van der Waals surface area contributed by atoms with Gasteiger partial charge in [0.2, 0.25) is 0 Å². The van der Waals surface area contributed by atoms with E-state index in [9.17, 15) is 4.39 Å². The molecule has 0 bridgehead atoms. The van der Waals surface area contributed by atoms with E-state index in [1.165, 1.54) is 12.1 Å². The van der Waals surface area contributed by atoms with Crippen molar-refractivity contribution in [3.8, 4) is 22.4 Å². The Balaban J connectivity index is 2.16. The van der Waals surface area contributed by atoms with Crippen molar-refractivity contribution in [2.45, 2.75) is 5.03 Å². The average Bonchev–Trinajstić information content (AvgIpc) is 2.82. The Hall–Kier alpha value is -2.14. The van der Waals surface area contributed by atoms with Gasteiger partial charge in [0, 0.05) is 23.5 Å². The summed E-state index contributed by atoms with van der Waals surface area (Å²) in [6.07, 6.45) is 3.42. The molecule has 1 N–H and O–H groups in total.